The van der Waals surface area contributed by atoms with Gasteiger partial charge in [0.15, 0.2) is 0 Å². The van der Waals surface area contributed by atoms with Crippen molar-refractivity contribution in [2.45, 2.75) is 30.8 Å². The fraction of sp³-hybridized carbons (Fsp3) is 0.194. The van der Waals surface area contributed by atoms with Crippen LogP contribution in [0.3, 0.4) is 0 Å². The summed E-state index contributed by atoms with van der Waals surface area (Å²) in [7, 11) is -4.12. The second-order valence-electron chi connectivity index (χ2n) is 9.38. The Labute approximate surface area is 244 Å². The van der Waals surface area contributed by atoms with Crippen LogP contribution in [0, 0.1) is 6.92 Å². The number of hydrogen-bond acceptors (Lipinski definition) is 6. The van der Waals surface area contributed by atoms with E-state index in [1.807, 2.05) is 61.7 Å². The van der Waals surface area contributed by atoms with E-state index in [0.717, 1.165) is 11.1 Å². The fourth-order valence-electron chi connectivity index (χ4n) is 4.40. The highest BCUT2D eigenvalue weighted by Gasteiger charge is 2.28. The van der Waals surface area contributed by atoms with Gasteiger partial charge in [0, 0.05) is 11.8 Å². The number of nitrogens with one attached hydrogen (secondary N) is 1. The lowest BCUT2D eigenvalue weighted by atomic mass is 9.95. The molecule has 8 nitrogen and oxygen atoms in total. The van der Waals surface area contributed by atoms with Gasteiger partial charge in [-0.05, 0) is 77.9 Å². The first-order valence-corrected chi connectivity index (χ1v) is 15.7. The minimum absolute atomic E-state index is 0.00995. The number of rotatable bonds is 12. The van der Waals surface area contributed by atoms with Gasteiger partial charge >= 0.3 is 5.97 Å². The molecule has 1 unspecified atom stereocenters. The minimum atomic E-state index is -4.12. The number of benzene rings is 3. The molecular formula is C31H31N3O5S2. The predicted octanol–water partition coefficient (Wildman–Crippen LogP) is 5.39. The molecule has 4 aromatic rings. The van der Waals surface area contributed by atoms with Crippen molar-refractivity contribution < 1.29 is 23.1 Å². The number of amides is 1. The van der Waals surface area contributed by atoms with Crippen LogP contribution in [0.2, 0.25) is 0 Å². The summed E-state index contributed by atoms with van der Waals surface area (Å²) in [6.07, 6.45) is 5.19. The largest absolute Gasteiger partial charge is 0.480 e. The molecule has 1 amide bonds. The predicted molar refractivity (Wildman–Crippen MR) is 163 cm³/mol. The second kappa shape index (κ2) is 13.5. The van der Waals surface area contributed by atoms with Crippen molar-refractivity contribution >= 4 is 39.3 Å². The summed E-state index contributed by atoms with van der Waals surface area (Å²) in [6, 6.07) is 23.2. The number of aromatic nitrogens is 1. The van der Waals surface area contributed by atoms with Crippen molar-refractivity contribution in [3.8, 4) is 11.1 Å². The average molecular weight is 590 g/mol. The number of aryl methyl sites for hydroxylation is 1. The van der Waals surface area contributed by atoms with Crippen LogP contribution in [0.4, 0.5) is 5.69 Å². The summed E-state index contributed by atoms with van der Waals surface area (Å²) in [5.74, 6) is -1.16. The van der Waals surface area contributed by atoms with Crippen molar-refractivity contribution in [3.05, 3.63) is 114 Å². The van der Waals surface area contributed by atoms with Crippen LogP contribution in [-0.4, -0.2) is 48.4 Å². The van der Waals surface area contributed by atoms with E-state index in [9.17, 15) is 23.1 Å². The van der Waals surface area contributed by atoms with Gasteiger partial charge in [-0.25, -0.2) is 13.2 Å². The van der Waals surface area contributed by atoms with E-state index in [-0.39, 0.29) is 23.4 Å². The van der Waals surface area contributed by atoms with Crippen LogP contribution >= 0.6 is 11.8 Å². The van der Waals surface area contributed by atoms with Gasteiger partial charge in [-0.15, -0.1) is 0 Å². The van der Waals surface area contributed by atoms with E-state index in [1.54, 1.807) is 24.4 Å². The van der Waals surface area contributed by atoms with E-state index in [2.05, 4.69) is 10.3 Å². The number of nitrogens with zero attached hydrogens (tertiary/aromatic N) is 2. The van der Waals surface area contributed by atoms with Crippen LogP contribution in [0.15, 0.2) is 102 Å². The van der Waals surface area contributed by atoms with Gasteiger partial charge in [0.2, 0.25) is 0 Å². The van der Waals surface area contributed by atoms with Crippen LogP contribution in [-0.2, 0) is 21.4 Å². The molecule has 212 valence electrons. The molecule has 10 heteroatoms. The number of anilines is 1. The zero-order chi connectivity index (χ0) is 29.4. The molecule has 0 saturated heterocycles. The highest BCUT2D eigenvalue weighted by atomic mass is 32.2. The summed E-state index contributed by atoms with van der Waals surface area (Å²) in [6.45, 7) is 1.95. The standard InChI is InChI=1S/C31H31N3O5S2/c1-22-9-6-7-13-26(22)28-19-25(14-15-27(28)30(35)33-29(31(36)37)16-18-40-2)41(38,39)34(24-12-8-17-32-20-24)21-23-10-4-3-5-11-23/h3-15,17,19-20,29H,16,18,21H2,1-2H3,(H,33,35)(H,36,37). The molecule has 1 aromatic heterocycles. The number of sulfonamides is 1. The molecule has 4 rings (SSSR count). The number of carboxylic acids is 1. The van der Waals surface area contributed by atoms with Crippen molar-refractivity contribution in [2.24, 2.45) is 0 Å². The van der Waals surface area contributed by atoms with Crippen LogP contribution < -0.4 is 9.62 Å². The summed E-state index contributed by atoms with van der Waals surface area (Å²) in [5.41, 5.74) is 3.27. The number of carbonyl (C=O) groups excluding carboxylic acids is 1. The highest BCUT2D eigenvalue weighted by molar-refractivity contribution is 7.98. The lowest BCUT2D eigenvalue weighted by Gasteiger charge is -2.25. The zero-order valence-electron chi connectivity index (χ0n) is 22.7. The summed E-state index contributed by atoms with van der Waals surface area (Å²) in [5, 5.41) is 12.3. The molecule has 2 N–H and O–H groups in total. The molecule has 0 spiro atoms. The first-order valence-electron chi connectivity index (χ1n) is 12.9. The van der Waals surface area contributed by atoms with E-state index < -0.39 is 27.9 Å². The van der Waals surface area contributed by atoms with Gasteiger partial charge in [0.1, 0.15) is 6.04 Å². The Morgan fingerprint density at radius 1 is 0.976 bits per heavy atom. The number of carbonyl (C=O) groups is 2. The third-order valence-corrected chi connectivity index (χ3v) is 8.99. The van der Waals surface area contributed by atoms with Gasteiger partial charge in [0.25, 0.3) is 15.9 Å². The lowest BCUT2D eigenvalue weighted by molar-refractivity contribution is -0.139. The first kappa shape index (κ1) is 29.8. The first-order chi connectivity index (χ1) is 19.7. The molecule has 0 fully saturated rings. The normalized spacial score (nSPS) is 12.0. The SMILES string of the molecule is CSCCC(NC(=O)c1ccc(S(=O)(=O)N(Cc2ccccc2)c2cccnc2)cc1-c1ccccc1C)C(=O)O. The Balaban J connectivity index is 1.82. The fourth-order valence-corrected chi connectivity index (χ4v) is 6.34. The van der Waals surface area contributed by atoms with Crippen molar-refractivity contribution in [1.82, 2.24) is 10.3 Å². The zero-order valence-corrected chi connectivity index (χ0v) is 24.4. The quantitative estimate of drug-likeness (QED) is 0.228. The van der Waals surface area contributed by atoms with Crippen LogP contribution in [0.5, 0.6) is 0 Å². The van der Waals surface area contributed by atoms with E-state index in [1.165, 1.54) is 40.5 Å². The number of pyridine rings is 1. The van der Waals surface area contributed by atoms with E-state index in [4.69, 9.17) is 0 Å². The van der Waals surface area contributed by atoms with E-state index >= 15 is 0 Å². The molecule has 0 aliphatic carbocycles. The van der Waals surface area contributed by atoms with Crippen molar-refractivity contribution in [3.63, 3.8) is 0 Å². The van der Waals surface area contributed by atoms with Crippen LogP contribution in [0.1, 0.15) is 27.9 Å². The Morgan fingerprint density at radius 3 is 2.37 bits per heavy atom. The van der Waals surface area contributed by atoms with Gasteiger partial charge < -0.3 is 10.4 Å². The molecule has 0 bridgehead atoms. The van der Waals surface area contributed by atoms with Gasteiger partial charge in [0.05, 0.1) is 23.3 Å². The van der Waals surface area contributed by atoms with Gasteiger partial charge in [-0.2, -0.15) is 11.8 Å². The van der Waals surface area contributed by atoms with Crippen LogP contribution in [0.25, 0.3) is 11.1 Å². The van der Waals surface area contributed by atoms with Crippen molar-refractivity contribution in [2.75, 3.05) is 16.3 Å². The maximum absolute atomic E-state index is 14.2. The van der Waals surface area contributed by atoms with Crippen molar-refractivity contribution in [1.29, 1.82) is 0 Å². The Bertz CT molecular complexity index is 1610. The van der Waals surface area contributed by atoms with E-state index in [0.29, 0.717) is 22.6 Å². The maximum Gasteiger partial charge on any atom is 0.326 e. The number of aliphatic carboxylic acids is 1. The molecule has 0 saturated carbocycles. The Morgan fingerprint density at radius 2 is 1.71 bits per heavy atom. The Kier molecular flexibility index (Phi) is 9.80. The maximum atomic E-state index is 14.2. The molecular weight excluding hydrogens is 558 g/mol. The minimum Gasteiger partial charge on any atom is -0.480 e. The number of hydrogen-bond donors (Lipinski definition) is 2. The molecule has 3 aromatic carbocycles. The summed E-state index contributed by atoms with van der Waals surface area (Å²) in [4.78, 5) is 29.4. The topological polar surface area (TPSA) is 117 Å². The monoisotopic (exact) mass is 589 g/mol. The molecule has 1 heterocycles. The Hall–Kier alpha value is -4.15. The number of thioether (sulfide) groups is 1. The average Bonchev–Trinajstić information content (AvgIpc) is 2.98. The molecule has 1 atom stereocenters. The molecule has 0 radical (unpaired) electrons. The second-order valence-corrected chi connectivity index (χ2v) is 12.2. The lowest BCUT2D eigenvalue weighted by Crippen LogP contribution is -2.41. The molecule has 41 heavy (non-hydrogen) atoms. The summed E-state index contributed by atoms with van der Waals surface area (Å²) >= 11 is 1.49. The van der Waals surface area contributed by atoms with Gasteiger partial charge in [-0.1, -0.05) is 54.6 Å². The summed E-state index contributed by atoms with van der Waals surface area (Å²) < 4.78 is 29.7. The van der Waals surface area contributed by atoms with Gasteiger partial charge in [-0.3, -0.25) is 14.1 Å². The number of carboxylic acid groups (broad SMARTS) is 1. The molecule has 0 aliphatic heterocycles. The third kappa shape index (κ3) is 7.14. The smallest absolute Gasteiger partial charge is 0.326 e. The third-order valence-electron chi connectivity index (χ3n) is 6.58. The molecule has 0 aliphatic rings. The highest BCUT2D eigenvalue weighted by Crippen LogP contribution is 2.32.